The highest BCUT2D eigenvalue weighted by atomic mass is 16.3. The lowest BCUT2D eigenvalue weighted by Crippen LogP contribution is -2.50. The standard InChI is InChI=1S/C18H33NO/c20-18-12-5-4-10-16(18)17-11-6-7-13-19(17)14-15-8-2-1-3-9-15/h15-18,20H,1-14H2. The summed E-state index contributed by atoms with van der Waals surface area (Å²) in [5, 5.41) is 10.4. The normalized spacial score (nSPS) is 38.0. The molecule has 0 aromatic rings. The lowest BCUT2D eigenvalue weighted by atomic mass is 9.77. The van der Waals surface area contributed by atoms with Crippen LogP contribution >= 0.6 is 0 Å². The predicted molar refractivity (Wildman–Crippen MR) is 83.8 cm³/mol. The fraction of sp³-hybridized carbons (Fsp3) is 1.00. The van der Waals surface area contributed by atoms with E-state index in [1.54, 1.807) is 0 Å². The summed E-state index contributed by atoms with van der Waals surface area (Å²) in [6, 6.07) is 0.695. The zero-order chi connectivity index (χ0) is 13.8. The maximum atomic E-state index is 10.4. The first-order valence-electron chi connectivity index (χ1n) is 9.27. The summed E-state index contributed by atoms with van der Waals surface area (Å²) in [5.41, 5.74) is 0. The van der Waals surface area contributed by atoms with Crippen molar-refractivity contribution in [3.8, 4) is 0 Å². The maximum Gasteiger partial charge on any atom is 0.0583 e. The second kappa shape index (κ2) is 7.26. The minimum absolute atomic E-state index is 0.0132. The largest absolute Gasteiger partial charge is 0.393 e. The van der Waals surface area contributed by atoms with Gasteiger partial charge in [-0.15, -0.1) is 0 Å². The highest BCUT2D eigenvalue weighted by Gasteiger charge is 2.36. The van der Waals surface area contributed by atoms with Crippen LogP contribution in [0.5, 0.6) is 0 Å². The molecular weight excluding hydrogens is 246 g/mol. The number of hydrogen-bond donors (Lipinski definition) is 1. The van der Waals surface area contributed by atoms with E-state index in [4.69, 9.17) is 0 Å². The second-order valence-electron chi connectivity index (χ2n) is 7.58. The van der Waals surface area contributed by atoms with Gasteiger partial charge < -0.3 is 5.11 Å². The van der Waals surface area contributed by atoms with E-state index < -0.39 is 0 Å². The Labute approximate surface area is 124 Å². The zero-order valence-electron chi connectivity index (χ0n) is 13.1. The third-order valence-electron chi connectivity index (χ3n) is 6.16. The Hall–Kier alpha value is -0.0800. The molecule has 3 rings (SSSR count). The molecule has 3 aliphatic rings. The van der Waals surface area contributed by atoms with Gasteiger partial charge in [0.05, 0.1) is 6.10 Å². The number of nitrogens with zero attached hydrogens (tertiary/aromatic N) is 1. The molecule has 2 aliphatic carbocycles. The number of piperidine rings is 1. The van der Waals surface area contributed by atoms with E-state index in [1.807, 2.05) is 0 Å². The molecule has 0 radical (unpaired) electrons. The summed E-state index contributed by atoms with van der Waals surface area (Å²) in [6.45, 7) is 2.62. The van der Waals surface area contributed by atoms with Gasteiger partial charge in [-0.1, -0.05) is 38.5 Å². The molecule has 1 saturated heterocycles. The summed E-state index contributed by atoms with van der Waals surface area (Å²) in [5.74, 6) is 1.53. The van der Waals surface area contributed by atoms with Crippen LogP contribution in [0.4, 0.5) is 0 Å². The third-order valence-corrected chi connectivity index (χ3v) is 6.16. The van der Waals surface area contributed by atoms with Crippen LogP contribution in [0, 0.1) is 11.8 Å². The molecule has 0 amide bonds. The summed E-state index contributed by atoms with van der Waals surface area (Å²) in [4.78, 5) is 2.79. The Morgan fingerprint density at radius 2 is 1.45 bits per heavy atom. The van der Waals surface area contributed by atoms with Crippen LogP contribution in [0.2, 0.25) is 0 Å². The summed E-state index contributed by atoms with van der Waals surface area (Å²) in [7, 11) is 0. The van der Waals surface area contributed by atoms with Crippen LogP contribution in [-0.2, 0) is 0 Å². The van der Waals surface area contributed by atoms with E-state index in [1.165, 1.54) is 83.7 Å². The van der Waals surface area contributed by atoms with Crippen molar-refractivity contribution in [2.75, 3.05) is 13.1 Å². The van der Waals surface area contributed by atoms with Gasteiger partial charge in [0.1, 0.15) is 0 Å². The van der Waals surface area contributed by atoms with E-state index in [2.05, 4.69) is 4.90 Å². The van der Waals surface area contributed by atoms with Crippen LogP contribution in [0.3, 0.4) is 0 Å². The number of aliphatic hydroxyl groups excluding tert-OH is 1. The van der Waals surface area contributed by atoms with Gasteiger partial charge in [0.25, 0.3) is 0 Å². The van der Waals surface area contributed by atoms with Gasteiger partial charge in [0, 0.05) is 18.5 Å². The Balaban J connectivity index is 1.60. The van der Waals surface area contributed by atoms with E-state index >= 15 is 0 Å². The Morgan fingerprint density at radius 1 is 0.750 bits per heavy atom. The van der Waals surface area contributed by atoms with Crippen molar-refractivity contribution in [1.29, 1.82) is 0 Å². The third kappa shape index (κ3) is 3.57. The molecule has 20 heavy (non-hydrogen) atoms. The number of likely N-dealkylation sites (tertiary alicyclic amines) is 1. The summed E-state index contributed by atoms with van der Waals surface area (Å²) >= 11 is 0. The number of hydrogen-bond acceptors (Lipinski definition) is 2. The van der Waals surface area contributed by atoms with Crippen molar-refractivity contribution < 1.29 is 5.11 Å². The summed E-state index contributed by atoms with van der Waals surface area (Å²) < 4.78 is 0. The van der Waals surface area contributed by atoms with Gasteiger partial charge >= 0.3 is 0 Å². The molecule has 0 bridgehead atoms. The Morgan fingerprint density at radius 3 is 2.25 bits per heavy atom. The van der Waals surface area contributed by atoms with E-state index in [0.717, 1.165) is 12.3 Å². The predicted octanol–water partition coefficient (Wildman–Crippen LogP) is 3.97. The molecule has 2 heteroatoms. The van der Waals surface area contributed by atoms with Gasteiger partial charge in [-0.3, -0.25) is 4.90 Å². The van der Waals surface area contributed by atoms with Crippen molar-refractivity contribution in [2.45, 2.75) is 89.2 Å². The molecule has 3 unspecified atom stereocenters. The van der Waals surface area contributed by atoms with Crippen LogP contribution in [0.1, 0.15) is 77.0 Å². The first-order valence-corrected chi connectivity index (χ1v) is 9.27. The molecule has 1 N–H and O–H groups in total. The van der Waals surface area contributed by atoms with Crippen molar-refractivity contribution in [1.82, 2.24) is 4.90 Å². The van der Waals surface area contributed by atoms with Gasteiger partial charge in [-0.05, 0) is 51.0 Å². The Kier molecular flexibility index (Phi) is 5.39. The molecule has 3 atom stereocenters. The molecule has 1 heterocycles. The molecule has 2 saturated carbocycles. The number of aliphatic hydroxyl groups is 1. The number of rotatable bonds is 3. The first-order chi connectivity index (χ1) is 9.84. The monoisotopic (exact) mass is 279 g/mol. The van der Waals surface area contributed by atoms with Crippen molar-refractivity contribution >= 4 is 0 Å². The lowest BCUT2D eigenvalue weighted by Gasteiger charge is -2.45. The molecule has 0 aromatic heterocycles. The molecule has 2 nitrogen and oxygen atoms in total. The second-order valence-corrected chi connectivity index (χ2v) is 7.58. The van der Waals surface area contributed by atoms with Crippen LogP contribution in [0.25, 0.3) is 0 Å². The van der Waals surface area contributed by atoms with Crippen molar-refractivity contribution in [3.63, 3.8) is 0 Å². The molecule has 0 spiro atoms. The smallest absolute Gasteiger partial charge is 0.0583 e. The molecule has 1 aliphatic heterocycles. The van der Waals surface area contributed by atoms with Gasteiger partial charge in [0.15, 0.2) is 0 Å². The van der Waals surface area contributed by atoms with E-state index in [-0.39, 0.29) is 6.10 Å². The SMILES string of the molecule is OC1CCCCC1C1CCCCN1CC1CCCCC1. The van der Waals surface area contributed by atoms with Gasteiger partial charge in [-0.25, -0.2) is 0 Å². The fourth-order valence-corrected chi connectivity index (χ4v) is 5.02. The van der Waals surface area contributed by atoms with Crippen LogP contribution in [0.15, 0.2) is 0 Å². The van der Waals surface area contributed by atoms with Crippen LogP contribution < -0.4 is 0 Å². The lowest BCUT2D eigenvalue weighted by molar-refractivity contribution is -0.0125. The highest BCUT2D eigenvalue weighted by molar-refractivity contribution is 4.89. The molecule has 3 fully saturated rings. The molecule has 116 valence electrons. The fourth-order valence-electron chi connectivity index (χ4n) is 5.02. The van der Waals surface area contributed by atoms with Crippen molar-refractivity contribution in [3.05, 3.63) is 0 Å². The average Bonchev–Trinajstić information content (AvgIpc) is 2.50. The first kappa shape index (κ1) is 14.8. The quantitative estimate of drug-likeness (QED) is 0.845. The minimum Gasteiger partial charge on any atom is -0.393 e. The topological polar surface area (TPSA) is 23.5 Å². The van der Waals surface area contributed by atoms with Gasteiger partial charge in [0.2, 0.25) is 0 Å². The van der Waals surface area contributed by atoms with E-state index in [0.29, 0.717) is 12.0 Å². The van der Waals surface area contributed by atoms with E-state index in [9.17, 15) is 5.11 Å². The average molecular weight is 279 g/mol. The Bertz CT molecular complexity index is 287. The van der Waals surface area contributed by atoms with Crippen molar-refractivity contribution in [2.24, 2.45) is 11.8 Å². The molecular formula is C18H33NO. The minimum atomic E-state index is -0.0132. The molecule has 0 aromatic carbocycles. The van der Waals surface area contributed by atoms with Gasteiger partial charge in [-0.2, -0.15) is 0 Å². The summed E-state index contributed by atoms with van der Waals surface area (Å²) in [6.07, 6.45) is 16.3. The highest BCUT2D eigenvalue weighted by Crippen LogP contribution is 2.35. The maximum absolute atomic E-state index is 10.4. The van der Waals surface area contributed by atoms with Crippen LogP contribution in [-0.4, -0.2) is 35.2 Å². The zero-order valence-corrected chi connectivity index (χ0v) is 13.1.